The summed E-state index contributed by atoms with van der Waals surface area (Å²) in [6.07, 6.45) is 0.991. The molecule has 0 aromatic heterocycles. The smallest absolute Gasteiger partial charge is 0.242 e. The van der Waals surface area contributed by atoms with Crippen LogP contribution in [0.5, 0.6) is 0 Å². The maximum Gasteiger partial charge on any atom is 0.242 e. The van der Waals surface area contributed by atoms with Crippen molar-refractivity contribution in [3.63, 3.8) is 0 Å². The SMILES string of the molecule is CCC(C)(C)Nc1ccc(S(=O)(=O)N(C)C)cc1. The molecule has 0 atom stereocenters. The lowest BCUT2D eigenvalue weighted by Crippen LogP contribution is -2.29. The van der Waals surface area contributed by atoms with Gasteiger partial charge in [0.1, 0.15) is 0 Å². The Hall–Kier alpha value is -1.07. The highest BCUT2D eigenvalue weighted by Gasteiger charge is 2.18. The molecule has 5 heteroatoms. The average molecular weight is 270 g/mol. The van der Waals surface area contributed by atoms with E-state index in [2.05, 4.69) is 26.1 Å². The molecular weight excluding hydrogens is 248 g/mol. The van der Waals surface area contributed by atoms with Crippen molar-refractivity contribution in [1.82, 2.24) is 4.31 Å². The van der Waals surface area contributed by atoms with E-state index in [1.165, 1.54) is 18.4 Å². The minimum Gasteiger partial charge on any atom is -0.380 e. The highest BCUT2D eigenvalue weighted by molar-refractivity contribution is 7.89. The molecule has 1 aromatic rings. The van der Waals surface area contributed by atoms with Crippen LogP contribution < -0.4 is 5.32 Å². The molecule has 1 rings (SSSR count). The van der Waals surface area contributed by atoms with Crippen LogP contribution >= 0.6 is 0 Å². The standard InChI is InChI=1S/C13H22N2O2S/c1-6-13(2,3)14-11-7-9-12(10-8-11)18(16,17)15(4)5/h7-10,14H,6H2,1-5H3. The second-order valence-electron chi connectivity index (χ2n) is 5.17. The van der Waals surface area contributed by atoms with Crippen LogP contribution in [0.1, 0.15) is 27.2 Å². The number of hydrogen-bond acceptors (Lipinski definition) is 3. The quantitative estimate of drug-likeness (QED) is 0.894. The van der Waals surface area contributed by atoms with Gasteiger partial charge in [-0.2, -0.15) is 0 Å². The van der Waals surface area contributed by atoms with Crippen LogP contribution in [0.2, 0.25) is 0 Å². The normalized spacial score (nSPS) is 12.8. The Morgan fingerprint density at radius 2 is 1.67 bits per heavy atom. The first kappa shape index (κ1) is 15.0. The lowest BCUT2D eigenvalue weighted by atomic mass is 10.0. The zero-order valence-corrected chi connectivity index (χ0v) is 12.5. The van der Waals surface area contributed by atoms with E-state index in [1.54, 1.807) is 24.3 Å². The molecule has 0 bridgehead atoms. The molecule has 0 saturated carbocycles. The molecule has 0 amide bonds. The molecule has 0 radical (unpaired) electrons. The van der Waals surface area contributed by atoms with E-state index in [-0.39, 0.29) is 5.54 Å². The van der Waals surface area contributed by atoms with Crippen LogP contribution in [-0.2, 0) is 10.0 Å². The minimum absolute atomic E-state index is 0.00192. The molecule has 0 spiro atoms. The van der Waals surface area contributed by atoms with E-state index in [9.17, 15) is 8.42 Å². The fraction of sp³-hybridized carbons (Fsp3) is 0.538. The molecule has 0 aliphatic carbocycles. The molecule has 18 heavy (non-hydrogen) atoms. The van der Waals surface area contributed by atoms with Gasteiger partial charge < -0.3 is 5.32 Å². The van der Waals surface area contributed by atoms with Crippen molar-refractivity contribution >= 4 is 15.7 Å². The maximum atomic E-state index is 11.9. The Labute approximate surface area is 110 Å². The summed E-state index contributed by atoms with van der Waals surface area (Å²) in [5, 5.41) is 3.37. The van der Waals surface area contributed by atoms with E-state index in [1.807, 2.05) is 0 Å². The predicted molar refractivity (Wildman–Crippen MR) is 75.3 cm³/mol. The van der Waals surface area contributed by atoms with Gasteiger partial charge in [-0.15, -0.1) is 0 Å². The van der Waals surface area contributed by atoms with Gasteiger partial charge in [-0.3, -0.25) is 0 Å². The number of nitrogens with zero attached hydrogens (tertiary/aromatic N) is 1. The summed E-state index contributed by atoms with van der Waals surface area (Å²) in [7, 11) is -0.278. The van der Waals surface area contributed by atoms with Crippen LogP contribution in [0.15, 0.2) is 29.2 Å². The Kier molecular flexibility index (Phi) is 4.40. The van der Waals surface area contributed by atoms with Gasteiger partial charge in [0.25, 0.3) is 0 Å². The minimum atomic E-state index is -3.34. The third kappa shape index (κ3) is 3.46. The van der Waals surface area contributed by atoms with Crippen molar-refractivity contribution in [3.05, 3.63) is 24.3 Å². The first-order valence-electron chi connectivity index (χ1n) is 6.00. The summed E-state index contributed by atoms with van der Waals surface area (Å²) < 4.78 is 25.0. The van der Waals surface area contributed by atoms with Crippen molar-refractivity contribution < 1.29 is 8.42 Å². The number of rotatable bonds is 5. The van der Waals surface area contributed by atoms with Crippen LogP contribution in [0.4, 0.5) is 5.69 Å². The Morgan fingerprint density at radius 3 is 2.06 bits per heavy atom. The van der Waals surface area contributed by atoms with Gasteiger partial charge in [-0.1, -0.05) is 6.92 Å². The third-order valence-electron chi connectivity index (χ3n) is 3.00. The third-order valence-corrected chi connectivity index (χ3v) is 4.83. The Bertz CT molecular complexity index is 490. The number of sulfonamides is 1. The summed E-state index contributed by atoms with van der Waals surface area (Å²) in [6.45, 7) is 6.33. The monoisotopic (exact) mass is 270 g/mol. The summed E-state index contributed by atoms with van der Waals surface area (Å²) in [4.78, 5) is 0.312. The zero-order chi connectivity index (χ0) is 14.0. The zero-order valence-electron chi connectivity index (χ0n) is 11.7. The van der Waals surface area contributed by atoms with Crippen LogP contribution in [0, 0.1) is 0 Å². The molecule has 4 nitrogen and oxygen atoms in total. The first-order chi connectivity index (χ1) is 8.19. The topological polar surface area (TPSA) is 49.4 Å². The van der Waals surface area contributed by atoms with Crippen molar-refractivity contribution in [1.29, 1.82) is 0 Å². The Morgan fingerprint density at radius 1 is 1.17 bits per heavy atom. The molecule has 0 heterocycles. The van der Waals surface area contributed by atoms with Crippen molar-refractivity contribution in [2.24, 2.45) is 0 Å². The van der Waals surface area contributed by atoms with Crippen LogP contribution in [-0.4, -0.2) is 32.4 Å². The molecular formula is C13H22N2O2S. The second kappa shape index (κ2) is 5.28. The van der Waals surface area contributed by atoms with Gasteiger partial charge in [-0.25, -0.2) is 12.7 Å². The van der Waals surface area contributed by atoms with Crippen molar-refractivity contribution in [2.75, 3.05) is 19.4 Å². The predicted octanol–water partition coefficient (Wildman–Crippen LogP) is 2.54. The van der Waals surface area contributed by atoms with Gasteiger partial charge >= 0.3 is 0 Å². The van der Waals surface area contributed by atoms with Gasteiger partial charge in [0.05, 0.1) is 4.90 Å². The number of anilines is 1. The van der Waals surface area contributed by atoms with Crippen LogP contribution in [0.25, 0.3) is 0 Å². The van der Waals surface area contributed by atoms with Crippen LogP contribution in [0.3, 0.4) is 0 Å². The van der Waals surface area contributed by atoms with E-state index in [4.69, 9.17) is 0 Å². The van der Waals surface area contributed by atoms with Crippen molar-refractivity contribution in [2.45, 2.75) is 37.6 Å². The number of hydrogen-bond donors (Lipinski definition) is 1. The van der Waals surface area contributed by atoms with Gasteiger partial charge in [0.15, 0.2) is 0 Å². The molecule has 0 aliphatic heterocycles. The number of nitrogens with one attached hydrogen (secondary N) is 1. The molecule has 0 fully saturated rings. The molecule has 0 saturated heterocycles. The molecule has 0 aliphatic rings. The van der Waals surface area contributed by atoms with Gasteiger partial charge in [0, 0.05) is 25.3 Å². The van der Waals surface area contributed by atoms with E-state index >= 15 is 0 Å². The fourth-order valence-electron chi connectivity index (χ4n) is 1.40. The van der Waals surface area contributed by atoms with Gasteiger partial charge in [-0.05, 0) is 44.5 Å². The lowest BCUT2D eigenvalue weighted by molar-refractivity contribution is 0.520. The summed E-state index contributed by atoms with van der Waals surface area (Å²) in [5.74, 6) is 0. The summed E-state index contributed by atoms with van der Waals surface area (Å²) >= 11 is 0. The van der Waals surface area contributed by atoms with Crippen molar-refractivity contribution in [3.8, 4) is 0 Å². The highest BCUT2D eigenvalue weighted by atomic mass is 32.2. The average Bonchev–Trinajstić information content (AvgIpc) is 2.29. The van der Waals surface area contributed by atoms with E-state index in [0.29, 0.717) is 4.90 Å². The molecule has 1 aromatic carbocycles. The van der Waals surface area contributed by atoms with E-state index in [0.717, 1.165) is 12.1 Å². The first-order valence-corrected chi connectivity index (χ1v) is 7.44. The van der Waals surface area contributed by atoms with E-state index < -0.39 is 10.0 Å². The lowest BCUT2D eigenvalue weighted by Gasteiger charge is -2.26. The fourth-order valence-corrected chi connectivity index (χ4v) is 2.30. The molecule has 0 unspecified atom stereocenters. The van der Waals surface area contributed by atoms with Gasteiger partial charge in [0.2, 0.25) is 10.0 Å². The molecule has 1 N–H and O–H groups in total. The maximum absolute atomic E-state index is 11.9. The second-order valence-corrected chi connectivity index (χ2v) is 7.33. The Balaban J connectivity index is 2.94. The summed E-state index contributed by atoms with van der Waals surface area (Å²) in [6, 6.07) is 6.86. The molecule has 102 valence electrons. The largest absolute Gasteiger partial charge is 0.380 e. The number of benzene rings is 1. The highest BCUT2D eigenvalue weighted by Crippen LogP contribution is 2.20. The summed E-state index contributed by atoms with van der Waals surface area (Å²) in [5.41, 5.74) is 0.932.